The van der Waals surface area contributed by atoms with Crippen LogP contribution in [-0.4, -0.2) is 39.6 Å². The first-order valence-electron chi connectivity index (χ1n) is 9.76. The van der Waals surface area contributed by atoms with Crippen LogP contribution >= 0.6 is 0 Å². The summed E-state index contributed by atoms with van der Waals surface area (Å²) in [5.74, 6) is -0.402. The van der Waals surface area contributed by atoms with Crippen molar-refractivity contribution in [3.05, 3.63) is 77.6 Å². The molecule has 3 aromatic rings. The van der Waals surface area contributed by atoms with E-state index in [4.69, 9.17) is 0 Å². The fourth-order valence-corrected chi connectivity index (χ4v) is 3.22. The van der Waals surface area contributed by atoms with Gasteiger partial charge in [-0.05, 0) is 44.0 Å². The van der Waals surface area contributed by atoms with Crippen LogP contribution in [0.1, 0.15) is 35.0 Å². The van der Waals surface area contributed by atoms with Crippen LogP contribution in [0.15, 0.2) is 60.8 Å². The van der Waals surface area contributed by atoms with E-state index < -0.39 is 0 Å². The summed E-state index contributed by atoms with van der Waals surface area (Å²) < 4.78 is 1.74. The Balaban J connectivity index is 1.77. The van der Waals surface area contributed by atoms with Crippen LogP contribution in [0.3, 0.4) is 0 Å². The van der Waals surface area contributed by atoms with Gasteiger partial charge in [-0.1, -0.05) is 43.3 Å². The molecule has 1 N–H and O–H groups in total. The van der Waals surface area contributed by atoms with E-state index in [1.54, 1.807) is 15.8 Å². The Kier molecular flexibility index (Phi) is 6.44. The fraction of sp³-hybridized carbons (Fsp3) is 0.261. The van der Waals surface area contributed by atoms with E-state index in [0.29, 0.717) is 12.1 Å². The minimum atomic E-state index is -0.214. The fourth-order valence-electron chi connectivity index (χ4n) is 3.22. The third-order valence-electron chi connectivity index (χ3n) is 4.78. The van der Waals surface area contributed by atoms with E-state index in [-0.39, 0.29) is 18.4 Å². The van der Waals surface area contributed by atoms with Gasteiger partial charge in [0.1, 0.15) is 6.54 Å². The van der Waals surface area contributed by atoms with Gasteiger partial charge in [-0.2, -0.15) is 5.10 Å². The van der Waals surface area contributed by atoms with Crippen molar-refractivity contribution in [3.8, 4) is 5.69 Å². The third kappa shape index (κ3) is 4.71. The predicted molar refractivity (Wildman–Crippen MR) is 114 cm³/mol. The summed E-state index contributed by atoms with van der Waals surface area (Å²) in [4.78, 5) is 27.3. The van der Waals surface area contributed by atoms with Gasteiger partial charge in [-0.25, -0.2) is 4.68 Å². The molecule has 2 aromatic carbocycles. The molecular formula is C23H26N4O2. The minimum Gasteiger partial charge on any atom is -0.329 e. The average Bonchev–Trinajstić information content (AvgIpc) is 3.11. The summed E-state index contributed by atoms with van der Waals surface area (Å²) >= 11 is 0. The lowest BCUT2D eigenvalue weighted by atomic mass is 10.2. The second-order valence-electron chi connectivity index (χ2n) is 6.98. The Hall–Kier alpha value is -3.41. The first-order valence-corrected chi connectivity index (χ1v) is 9.76. The van der Waals surface area contributed by atoms with Crippen molar-refractivity contribution in [2.75, 3.05) is 18.4 Å². The summed E-state index contributed by atoms with van der Waals surface area (Å²) in [6.45, 7) is 6.28. The zero-order chi connectivity index (χ0) is 20.8. The molecule has 0 bridgehead atoms. The maximum Gasteiger partial charge on any atom is 0.257 e. The molecule has 0 aliphatic rings. The lowest BCUT2D eigenvalue weighted by Gasteiger charge is -2.22. The van der Waals surface area contributed by atoms with Crippen molar-refractivity contribution in [1.29, 1.82) is 0 Å². The zero-order valence-electron chi connectivity index (χ0n) is 17.1. The molecule has 0 atom stereocenters. The monoisotopic (exact) mass is 390 g/mol. The SMILES string of the molecule is CCCN(CC(=O)Nc1ccccc1C)C(=O)c1cnn(-c2ccccc2)c1C. The molecular weight excluding hydrogens is 364 g/mol. The molecule has 0 aliphatic carbocycles. The first kappa shape index (κ1) is 20.3. The summed E-state index contributed by atoms with van der Waals surface area (Å²) in [7, 11) is 0. The molecule has 0 saturated heterocycles. The lowest BCUT2D eigenvalue weighted by Crippen LogP contribution is -2.38. The molecule has 0 aliphatic heterocycles. The van der Waals surface area contributed by atoms with Crippen molar-refractivity contribution < 1.29 is 9.59 Å². The molecule has 6 nitrogen and oxygen atoms in total. The highest BCUT2D eigenvalue weighted by Gasteiger charge is 2.23. The Bertz CT molecular complexity index is 995. The lowest BCUT2D eigenvalue weighted by molar-refractivity contribution is -0.116. The number of anilines is 1. The smallest absolute Gasteiger partial charge is 0.257 e. The predicted octanol–water partition coefficient (Wildman–Crippen LogP) is 3.98. The number of aryl methyl sites for hydroxylation is 1. The highest BCUT2D eigenvalue weighted by Crippen LogP contribution is 2.17. The van der Waals surface area contributed by atoms with Gasteiger partial charge in [0.05, 0.1) is 23.1 Å². The second-order valence-corrected chi connectivity index (χ2v) is 6.98. The van der Waals surface area contributed by atoms with E-state index in [2.05, 4.69) is 10.4 Å². The summed E-state index contributed by atoms with van der Waals surface area (Å²) in [5, 5.41) is 7.27. The maximum atomic E-state index is 13.1. The van der Waals surface area contributed by atoms with Crippen LogP contribution in [0.4, 0.5) is 5.69 Å². The standard InChI is InChI=1S/C23H26N4O2/c1-4-14-26(16-22(28)25-21-13-9-8-10-17(21)2)23(29)20-15-24-27(18(20)3)19-11-6-5-7-12-19/h5-13,15H,4,14,16H2,1-3H3,(H,25,28). The van der Waals surface area contributed by atoms with Crippen LogP contribution in [0, 0.1) is 13.8 Å². The van der Waals surface area contributed by atoms with Crippen molar-refractivity contribution in [2.24, 2.45) is 0 Å². The van der Waals surface area contributed by atoms with E-state index in [9.17, 15) is 9.59 Å². The largest absolute Gasteiger partial charge is 0.329 e. The number of carbonyl (C=O) groups excluding carboxylic acids is 2. The molecule has 6 heteroatoms. The second kappa shape index (κ2) is 9.19. The average molecular weight is 390 g/mol. The van der Waals surface area contributed by atoms with Crippen LogP contribution in [0.25, 0.3) is 5.69 Å². The van der Waals surface area contributed by atoms with Crippen molar-refractivity contribution >= 4 is 17.5 Å². The topological polar surface area (TPSA) is 67.2 Å². The number of aromatic nitrogens is 2. The molecule has 150 valence electrons. The number of carbonyl (C=O) groups is 2. The van der Waals surface area contributed by atoms with E-state index in [1.807, 2.05) is 75.4 Å². The molecule has 0 radical (unpaired) electrons. The molecule has 1 aromatic heterocycles. The van der Waals surface area contributed by atoms with Crippen LogP contribution in [-0.2, 0) is 4.79 Å². The van der Waals surface area contributed by atoms with Gasteiger partial charge in [0.25, 0.3) is 5.91 Å². The molecule has 29 heavy (non-hydrogen) atoms. The van der Waals surface area contributed by atoms with Crippen LogP contribution < -0.4 is 5.32 Å². The number of amides is 2. The highest BCUT2D eigenvalue weighted by atomic mass is 16.2. The molecule has 2 amide bonds. The molecule has 0 spiro atoms. The number of benzene rings is 2. The summed E-state index contributed by atoms with van der Waals surface area (Å²) in [6, 6.07) is 17.3. The van der Waals surface area contributed by atoms with Gasteiger partial charge in [-0.15, -0.1) is 0 Å². The maximum absolute atomic E-state index is 13.1. The first-order chi connectivity index (χ1) is 14.0. The minimum absolute atomic E-state index is 0.00301. The Morgan fingerprint density at radius 2 is 1.72 bits per heavy atom. The number of nitrogens with zero attached hydrogens (tertiary/aromatic N) is 3. The Morgan fingerprint density at radius 3 is 2.41 bits per heavy atom. The third-order valence-corrected chi connectivity index (χ3v) is 4.78. The Labute approximate surface area is 171 Å². The quantitative estimate of drug-likeness (QED) is 0.663. The van der Waals surface area contributed by atoms with E-state index >= 15 is 0 Å². The molecule has 3 rings (SSSR count). The van der Waals surface area contributed by atoms with Crippen molar-refractivity contribution in [1.82, 2.24) is 14.7 Å². The van der Waals surface area contributed by atoms with E-state index in [1.165, 1.54) is 0 Å². The van der Waals surface area contributed by atoms with Crippen LogP contribution in [0.2, 0.25) is 0 Å². The van der Waals surface area contributed by atoms with Crippen molar-refractivity contribution in [3.63, 3.8) is 0 Å². The summed E-state index contributed by atoms with van der Waals surface area (Å²) in [5.41, 5.74) is 3.89. The molecule has 0 fully saturated rings. The van der Waals surface area contributed by atoms with Crippen molar-refractivity contribution in [2.45, 2.75) is 27.2 Å². The van der Waals surface area contributed by atoms with Gasteiger partial charge in [-0.3, -0.25) is 9.59 Å². The van der Waals surface area contributed by atoms with Gasteiger partial charge in [0.15, 0.2) is 0 Å². The molecule has 0 saturated carbocycles. The number of para-hydroxylation sites is 2. The number of hydrogen-bond acceptors (Lipinski definition) is 3. The number of rotatable bonds is 7. The van der Waals surface area contributed by atoms with E-state index in [0.717, 1.165) is 29.1 Å². The normalized spacial score (nSPS) is 10.6. The number of nitrogens with one attached hydrogen (secondary N) is 1. The summed E-state index contributed by atoms with van der Waals surface area (Å²) in [6.07, 6.45) is 2.34. The molecule has 0 unspecified atom stereocenters. The number of hydrogen-bond donors (Lipinski definition) is 1. The van der Waals surface area contributed by atoms with Crippen LogP contribution in [0.5, 0.6) is 0 Å². The Morgan fingerprint density at radius 1 is 1.03 bits per heavy atom. The zero-order valence-corrected chi connectivity index (χ0v) is 17.1. The van der Waals surface area contributed by atoms with Gasteiger partial charge in [0.2, 0.25) is 5.91 Å². The highest BCUT2D eigenvalue weighted by molar-refractivity contribution is 6.00. The molecule has 1 heterocycles. The van der Waals surface area contributed by atoms with Gasteiger partial charge < -0.3 is 10.2 Å². The van der Waals surface area contributed by atoms with Gasteiger partial charge >= 0.3 is 0 Å². The van der Waals surface area contributed by atoms with Gasteiger partial charge in [0, 0.05) is 12.2 Å².